The highest BCUT2D eigenvalue weighted by atomic mass is 16.5. The average Bonchev–Trinajstić information content (AvgIpc) is 2.58. The van der Waals surface area contributed by atoms with Crippen LogP contribution in [0.25, 0.3) is 22.3 Å². The molecule has 1 aromatic heterocycles. The first-order valence-corrected chi connectivity index (χ1v) is 7.20. The second-order valence-electron chi connectivity index (χ2n) is 5.49. The van der Waals surface area contributed by atoms with Crippen molar-refractivity contribution in [2.45, 2.75) is 6.61 Å². The zero-order chi connectivity index (χ0) is 17.9. The minimum absolute atomic E-state index is 0.0259. The van der Waals surface area contributed by atoms with Crippen LogP contribution in [0.15, 0.2) is 27.4 Å². The average molecular weight is 344 g/mol. The summed E-state index contributed by atoms with van der Waals surface area (Å²) in [5.74, 6) is -2.02. The summed E-state index contributed by atoms with van der Waals surface area (Å²) in [6.07, 6.45) is 0. The van der Waals surface area contributed by atoms with E-state index in [9.17, 15) is 25.2 Å². The molecule has 4 N–H and O–H groups in total. The van der Waals surface area contributed by atoms with Crippen LogP contribution in [0.5, 0.6) is 34.5 Å². The van der Waals surface area contributed by atoms with Crippen LogP contribution in [-0.4, -0.2) is 27.5 Å². The van der Waals surface area contributed by atoms with Crippen LogP contribution in [0.1, 0.15) is 5.56 Å². The summed E-state index contributed by atoms with van der Waals surface area (Å²) in [7, 11) is 1.24. The third-order valence-electron chi connectivity index (χ3n) is 4.12. The molecule has 1 aliphatic rings. The number of aromatic hydroxyl groups is 4. The van der Waals surface area contributed by atoms with Gasteiger partial charge < -0.3 is 34.3 Å². The van der Waals surface area contributed by atoms with Crippen molar-refractivity contribution in [2.24, 2.45) is 0 Å². The predicted octanol–water partition coefficient (Wildman–Crippen LogP) is 2.18. The van der Waals surface area contributed by atoms with Gasteiger partial charge in [0.15, 0.2) is 28.8 Å². The molecule has 8 heteroatoms. The monoisotopic (exact) mass is 344 g/mol. The van der Waals surface area contributed by atoms with Gasteiger partial charge in [-0.15, -0.1) is 0 Å². The summed E-state index contributed by atoms with van der Waals surface area (Å²) < 4.78 is 15.9. The maximum absolute atomic E-state index is 12.7. The summed E-state index contributed by atoms with van der Waals surface area (Å²) in [5.41, 5.74) is -0.101. The Balaban J connectivity index is 2.11. The SMILES string of the molecule is COc1c(O)cc2oc3c(c(=O)c2c1O)OCc1c-3ccc(O)c1O. The Morgan fingerprint density at radius 3 is 2.56 bits per heavy atom. The van der Waals surface area contributed by atoms with Gasteiger partial charge in [0.25, 0.3) is 0 Å². The lowest BCUT2D eigenvalue weighted by molar-refractivity contribution is 0.280. The van der Waals surface area contributed by atoms with Gasteiger partial charge in [-0.05, 0) is 12.1 Å². The van der Waals surface area contributed by atoms with Crippen molar-refractivity contribution in [3.8, 4) is 45.8 Å². The van der Waals surface area contributed by atoms with Gasteiger partial charge in [0, 0.05) is 17.2 Å². The minimum Gasteiger partial charge on any atom is -0.504 e. The first-order valence-electron chi connectivity index (χ1n) is 7.20. The zero-order valence-electron chi connectivity index (χ0n) is 12.9. The van der Waals surface area contributed by atoms with Crippen LogP contribution in [-0.2, 0) is 6.61 Å². The lowest BCUT2D eigenvalue weighted by Crippen LogP contribution is -2.15. The molecule has 3 aromatic rings. The summed E-state index contributed by atoms with van der Waals surface area (Å²) in [6.45, 7) is -0.158. The number of hydrogen-bond acceptors (Lipinski definition) is 8. The minimum atomic E-state index is -0.648. The fourth-order valence-corrected chi connectivity index (χ4v) is 2.92. The summed E-state index contributed by atoms with van der Waals surface area (Å²) in [4.78, 5) is 12.7. The van der Waals surface area contributed by atoms with Crippen LogP contribution in [0, 0.1) is 0 Å². The van der Waals surface area contributed by atoms with Crippen molar-refractivity contribution in [1.29, 1.82) is 0 Å². The molecule has 4 rings (SSSR count). The Labute approximate surface area is 139 Å². The molecule has 0 fully saturated rings. The molecular formula is C17H12O8. The van der Waals surface area contributed by atoms with Crippen molar-refractivity contribution < 1.29 is 34.3 Å². The number of rotatable bonds is 1. The van der Waals surface area contributed by atoms with Gasteiger partial charge in [-0.2, -0.15) is 0 Å². The van der Waals surface area contributed by atoms with E-state index in [1.807, 2.05) is 0 Å². The molecule has 0 unspecified atom stereocenters. The van der Waals surface area contributed by atoms with Gasteiger partial charge in [-0.25, -0.2) is 0 Å². The molecular weight excluding hydrogens is 332 g/mol. The van der Waals surface area contributed by atoms with Crippen molar-refractivity contribution in [1.82, 2.24) is 0 Å². The van der Waals surface area contributed by atoms with Crippen LogP contribution < -0.4 is 14.9 Å². The van der Waals surface area contributed by atoms with Crippen molar-refractivity contribution in [3.63, 3.8) is 0 Å². The molecule has 8 nitrogen and oxygen atoms in total. The highest BCUT2D eigenvalue weighted by molar-refractivity contribution is 5.92. The molecule has 1 aliphatic heterocycles. The molecule has 2 aromatic carbocycles. The van der Waals surface area contributed by atoms with Gasteiger partial charge in [0.1, 0.15) is 17.6 Å². The van der Waals surface area contributed by atoms with E-state index in [2.05, 4.69) is 0 Å². The van der Waals surface area contributed by atoms with E-state index in [-0.39, 0.29) is 51.9 Å². The maximum Gasteiger partial charge on any atom is 0.239 e. The number of benzene rings is 2. The van der Waals surface area contributed by atoms with E-state index in [0.717, 1.165) is 6.07 Å². The van der Waals surface area contributed by atoms with Crippen LogP contribution in [0.4, 0.5) is 0 Å². The van der Waals surface area contributed by atoms with Gasteiger partial charge in [-0.3, -0.25) is 4.79 Å². The highest BCUT2D eigenvalue weighted by Crippen LogP contribution is 2.47. The number of phenols is 4. The molecule has 2 heterocycles. The Morgan fingerprint density at radius 1 is 1.08 bits per heavy atom. The number of methoxy groups -OCH3 is 1. The quantitative estimate of drug-likeness (QED) is 0.494. The van der Waals surface area contributed by atoms with Crippen LogP contribution in [0.2, 0.25) is 0 Å². The van der Waals surface area contributed by atoms with Gasteiger partial charge in [0.05, 0.1) is 7.11 Å². The summed E-state index contributed by atoms with van der Waals surface area (Å²) in [6, 6.07) is 3.88. The third kappa shape index (κ3) is 1.90. The van der Waals surface area contributed by atoms with Crippen molar-refractivity contribution in [2.75, 3.05) is 7.11 Å². The Hall–Kier alpha value is -3.55. The lowest BCUT2D eigenvalue weighted by Gasteiger charge is -2.21. The molecule has 0 saturated carbocycles. The van der Waals surface area contributed by atoms with Gasteiger partial charge >= 0.3 is 0 Å². The molecule has 0 saturated heterocycles. The topological polar surface area (TPSA) is 130 Å². The molecule has 0 atom stereocenters. The molecule has 0 bridgehead atoms. The lowest BCUT2D eigenvalue weighted by atomic mass is 10.00. The largest absolute Gasteiger partial charge is 0.504 e. The van der Waals surface area contributed by atoms with Gasteiger partial charge in [0.2, 0.25) is 16.9 Å². The molecule has 0 radical (unpaired) electrons. The number of phenolic OH excluding ortho intramolecular Hbond substituents is 4. The van der Waals surface area contributed by atoms with E-state index in [4.69, 9.17) is 13.9 Å². The van der Waals surface area contributed by atoms with E-state index >= 15 is 0 Å². The Bertz CT molecular complexity index is 1100. The van der Waals surface area contributed by atoms with Crippen molar-refractivity contribution >= 4 is 11.0 Å². The number of hydrogen-bond donors (Lipinski definition) is 4. The molecule has 25 heavy (non-hydrogen) atoms. The second-order valence-corrected chi connectivity index (χ2v) is 5.49. The molecule has 0 spiro atoms. The predicted molar refractivity (Wildman–Crippen MR) is 85.5 cm³/mol. The number of fused-ring (bicyclic) bond motifs is 4. The summed E-state index contributed by atoms with van der Waals surface area (Å²) in [5, 5.41) is 39.5. The van der Waals surface area contributed by atoms with E-state index in [1.54, 1.807) is 0 Å². The normalized spacial score (nSPS) is 12.4. The molecule has 128 valence electrons. The van der Waals surface area contributed by atoms with E-state index in [1.165, 1.54) is 19.2 Å². The number of ether oxygens (including phenoxy) is 2. The standard InChI is InChI=1S/C17H12O8/c1-23-16-9(19)4-10-11(13(16)21)14(22)17-15(25-10)6-2-3-8(18)12(20)7(6)5-24-17/h2-4,18-21H,5H2,1H3. The first kappa shape index (κ1) is 15.0. The van der Waals surface area contributed by atoms with Crippen LogP contribution in [0.3, 0.4) is 0 Å². The second kappa shape index (κ2) is 4.97. The Kier molecular flexibility index (Phi) is 2.98. The first-order chi connectivity index (χ1) is 11.9. The van der Waals surface area contributed by atoms with E-state index < -0.39 is 16.9 Å². The van der Waals surface area contributed by atoms with E-state index in [0.29, 0.717) is 5.56 Å². The molecule has 0 amide bonds. The van der Waals surface area contributed by atoms with Gasteiger partial charge in [-0.1, -0.05) is 0 Å². The maximum atomic E-state index is 12.7. The Morgan fingerprint density at radius 2 is 1.84 bits per heavy atom. The third-order valence-corrected chi connectivity index (χ3v) is 4.12. The fourth-order valence-electron chi connectivity index (χ4n) is 2.92. The zero-order valence-corrected chi connectivity index (χ0v) is 12.9. The van der Waals surface area contributed by atoms with Crippen molar-refractivity contribution in [3.05, 3.63) is 34.0 Å². The summed E-state index contributed by atoms with van der Waals surface area (Å²) >= 11 is 0. The smallest absolute Gasteiger partial charge is 0.239 e. The molecule has 0 aliphatic carbocycles. The fraction of sp³-hybridized carbons (Fsp3) is 0.118. The van der Waals surface area contributed by atoms with Crippen LogP contribution >= 0.6 is 0 Å². The highest BCUT2D eigenvalue weighted by Gasteiger charge is 2.29.